The molecule has 1 aromatic carbocycles. The van der Waals surface area contributed by atoms with E-state index in [-0.39, 0.29) is 18.2 Å². The number of aromatic hydroxyl groups is 1. The van der Waals surface area contributed by atoms with Crippen LogP contribution in [0.25, 0.3) is 0 Å². The molecule has 0 bridgehead atoms. The highest BCUT2D eigenvalue weighted by Gasteiger charge is 2.27. The van der Waals surface area contributed by atoms with Gasteiger partial charge in [0.05, 0.1) is 24.5 Å². The molecule has 1 saturated heterocycles. The number of hydrogen-bond acceptors (Lipinski definition) is 7. The van der Waals surface area contributed by atoms with Crippen LogP contribution >= 0.6 is 0 Å². The summed E-state index contributed by atoms with van der Waals surface area (Å²) in [6, 6.07) is 4.75. The van der Waals surface area contributed by atoms with Crippen molar-refractivity contribution in [3.8, 4) is 17.6 Å². The molecule has 0 unspecified atom stereocenters. The van der Waals surface area contributed by atoms with E-state index in [0.29, 0.717) is 5.56 Å². The number of ether oxygens (including phenoxy) is 1. The molecule has 0 aromatic heterocycles. The van der Waals surface area contributed by atoms with Gasteiger partial charge in [0.25, 0.3) is 0 Å². The molecule has 22 heavy (non-hydrogen) atoms. The number of nitrogens with zero attached hydrogens (tertiary/aromatic N) is 3. The van der Waals surface area contributed by atoms with E-state index < -0.39 is 16.4 Å². The Morgan fingerprint density at radius 2 is 2.23 bits per heavy atom. The van der Waals surface area contributed by atoms with E-state index in [1.165, 1.54) is 13.2 Å². The van der Waals surface area contributed by atoms with Crippen LogP contribution in [-0.2, 0) is 0 Å². The molecule has 0 aliphatic carbocycles. The average molecular weight is 306 g/mol. The number of piperazine rings is 1. The van der Waals surface area contributed by atoms with Crippen molar-refractivity contribution in [2.24, 2.45) is 0 Å². The fourth-order valence-electron chi connectivity index (χ4n) is 2.64. The first kappa shape index (κ1) is 16.0. The van der Waals surface area contributed by atoms with E-state index >= 15 is 0 Å². The second-order valence-electron chi connectivity index (χ2n) is 5.01. The molecule has 1 atom stereocenters. The van der Waals surface area contributed by atoms with Gasteiger partial charge in [-0.25, -0.2) is 0 Å². The number of phenols is 1. The van der Waals surface area contributed by atoms with Crippen molar-refractivity contribution >= 4 is 5.69 Å². The minimum absolute atomic E-state index is 0.0438. The van der Waals surface area contributed by atoms with E-state index in [0.717, 1.165) is 26.2 Å². The molecule has 0 amide bonds. The summed E-state index contributed by atoms with van der Waals surface area (Å²) in [5.41, 5.74) is 0.192. The van der Waals surface area contributed by atoms with Gasteiger partial charge < -0.3 is 15.2 Å². The van der Waals surface area contributed by atoms with Crippen LogP contribution in [0.5, 0.6) is 11.5 Å². The summed E-state index contributed by atoms with van der Waals surface area (Å²) >= 11 is 0. The maximum Gasteiger partial charge on any atom is 0.314 e. The fraction of sp³-hybridized carbons (Fsp3) is 0.500. The Hall–Kier alpha value is -2.37. The summed E-state index contributed by atoms with van der Waals surface area (Å²) in [6.45, 7) is 3.12. The normalized spacial score (nSPS) is 16.7. The lowest BCUT2D eigenvalue weighted by atomic mass is 10.00. The zero-order valence-corrected chi connectivity index (χ0v) is 12.3. The zero-order chi connectivity index (χ0) is 16.1. The first-order valence-electron chi connectivity index (χ1n) is 6.95. The molecule has 8 heteroatoms. The first-order valence-corrected chi connectivity index (χ1v) is 6.95. The predicted molar refractivity (Wildman–Crippen MR) is 78.7 cm³/mol. The third kappa shape index (κ3) is 3.27. The smallest absolute Gasteiger partial charge is 0.314 e. The second-order valence-corrected chi connectivity index (χ2v) is 5.01. The van der Waals surface area contributed by atoms with Crippen molar-refractivity contribution in [1.82, 2.24) is 10.2 Å². The highest BCUT2D eigenvalue weighted by Crippen LogP contribution is 2.40. The molecule has 0 saturated carbocycles. The number of benzene rings is 1. The molecular weight excluding hydrogens is 288 g/mol. The van der Waals surface area contributed by atoms with Crippen LogP contribution in [0.2, 0.25) is 0 Å². The highest BCUT2D eigenvalue weighted by molar-refractivity contribution is 5.57. The summed E-state index contributed by atoms with van der Waals surface area (Å²) in [5, 5.41) is 33.3. The average Bonchev–Trinajstić information content (AvgIpc) is 2.53. The molecule has 1 aliphatic rings. The number of nitriles is 1. The minimum Gasteiger partial charge on any atom is -0.500 e. The van der Waals surface area contributed by atoms with Crippen LogP contribution in [0.3, 0.4) is 0 Å². The number of nitro groups is 1. The number of nitro benzene ring substituents is 1. The van der Waals surface area contributed by atoms with Gasteiger partial charge in [0.1, 0.15) is 0 Å². The summed E-state index contributed by atoms with van der Waals surface area (Å²) in [7, 11) is 1.34. The monoisotopic (exact) mass is 306 g/mol. The Morgan fingerprint density at radius 3 is 2.77 bits per heavy atom. The van der Waals surface area contributed by atoms with Crippen molar-refractivity contribution in [2.75, 3.05) is 33.3 Å². The predicted octanol–water partition coefficient (Wildman–Crippen LogP) is 1.17. The Balaban J connectivity index is 2.44. The van der Waals surface area contributed by atoms with Crippen molar-refractivity contribution in [3.05, 3.63) is 27.8 Å². The van der Waals surface area contributed by atoms with Crippen molar-refractivity contribution < 1.29 is 14.8 Å². The maximum absolute atomic E-state index is 11.1. The lowest BCUT2D eigenvalue weighted by Gasteiger charge is -2.34. The number of phenolic OH excluding ortho intramolecular Hbond substituents is 1. The third-order valence-corrected chi connectivity index (χ3v) is 3.76. The molecule has 2 rings (SSSR count). The molecule has 0 spiro atoms. The van der Waals surface area contributed by atoms with Gasteiger partial charge in [0.2, 0.25) is 5.75 Å². The molecule has 1 aromatic rings. The zero-order valence-electron chi connectivity index (χ0n) is 12.3. The van der Waals surface area contributed by atoms with Crippen molar-refractivity contribution in [3.63, 3.8) is 0 Å². The van der Waals surface area contributed by atoms with Gasteiger partial charge in [-0.15, -0.1) is 0 Å². The molecule has 118 valence electrons. The second kappa shape index (κ2) is 7.06. The summed E-state index contributed by atoms with van der Waals surface area (Å²) in [6.07, 6.45) is 0.213. The maximum atomic E-state index is 11.1. The van der Waals surface area contributed by atoms with Gasteiger partial charge in [0.15, 0.2) is 5.75 Å². The third-order valence-electron chi connectivity index (χ3n) is 3.76. The number of hydrogen-bond donors (Lipinski definition) is 2. The van der Waals surface area contributed by atoms with Gasteiger partial charge in [-0.3, -0.25) is 15.0 Å². The summed E-state index contributed by atoms with van der Waals surface area (Å²) in [5.74, 6) is -0.449. The molecule has 1 aliphatic heterocycles. The van der Waals surface area contributed by atoms with Crippen LogP contribution in [0.1, 0.15) is 18.0 Å². The van der Waals surface area contributed by atoms with E-state index in [2.05, 4.69) is 16.3 Å². The standard InChI is InChI=1S/C14H18N4O4/c1-22-13-9-10(8-12(14(13)19)18(20)21)11(2-3-15)17-6-4-16-5-7-17/h8-9,11,16,19H,2,4-7H2,1H3/t11-/m0/s1. The Kier molecular flexibility index (Phi) is 5.14. The van der Waals surface area contributed by atoms with Crippen LogP contribution in [0.15, 0.2) is 12.1 Å². The van der Waals surface area contributed by atoms with E-state index in [9.17, 15) is 15.2 Å². The minimum atomic E-state index is -0.650. The Bertz CT molecular complexity index is 593. The lowest BCUT2D eigenvalue weighted by molar-refractivity contribution is -0.386. The molecule has 2 N–H and O–H groups in total. The van der Waals surface area contributed by atoms with Gasteiger partial charge in [-0.05, 0) is 11.6 Å². The van der Waals surface area contributed by atoms with Gasteiger partial charge in [0, 0.05) is 38.3 Å². The summed E-state index contributed by atoms with van der Waals surface area (Å²) < 4.78 is 5.02. The van der Waals surface area contributed by atoms with Crippen LogP contribution < -0.4 is 10.1 Å². The molecule has 0 radical (unpaired) electrons. The molecular formula is C14H18N4O4. The van der Waals surface area contributed by atoms with Crippen molar-refractivity contribution in [1.29, 1.82) is 5.26 Å². The number of methoxy groups -OCH3 is 1. The van der Waals surface area contributed by atoms with Gasteiger partial charge in [-0.2, -0.15) is 5.26 Å². The molecule has 1 heterocycles. The van der Waals surface area contributed by atoms with Crippen LogP contribution in [-0.4, -0.2) is 48.2 Å². The highest BCUT2D eigenvalue weighted by atomic mass is 16.6. The fourth-order valence-corrected chi connectivity index (χ4v) is 2.64. The Morgan fingerprint density at radius 1 is 1.55 bits per heavy atom. The molecule has 1 fully saturated rings. The summed E-state index contributed by atoms with van der Waals surface area (Å²) in [4.78, 5) is 12.6. The largest absolute Gasteiger partial charge is 0.500 e. The topological polar surface area (TPSA) is 112 Å². The Labute approximate surface area is 128 Å². The van der Waals surface area contributed by atoms with Crippen LogP contribution in [0, 0.1) is 21.4 Å². The first-order chi connectivity index (χ1) is 10.6. The van der Waals surface area contributed by atoms with Crippen molar-refractivity contribution in [2.45, 2.75) is 12.5 Å². The lowest BCUT2D eigenvalue weighted by Crippen LogP contribution is -2.45. The van der Waals surface area contributed by atoms with Gasteiger partial charge in [-0.1, -0.05) is 0 Å². The SMILES string of the molecule is COc1cc([C@H](CC#N)N2CCNCC2)cc([N+](=O)[O-])c1O. The number of rotatable bonds is 5. The number of nitrogens with one attached hydrogen (secondary N) is 1. The quantitative estimate of drug-likeness (QED) is 0.620. The van der Waals surface area contributed by atoms with E-state index in [1.807, 2.05) is 0 Å². The van der Waals surface area contributed by atoms with Gasteiger partial charge >= 0.3 is 5.69 Å². The van der Waals surface area contributed by atoms with E-state index in [4.69, 9.17) is 10.00 Å². The molecule has 8 nitrogen and oxygen atoms in total. The van der Waals surface area contributed by atoms with E-state index in [1.54, 1.807) is 6.07 Å². The van der Waals surface area contributed by atoms with Crippen LogP contribution in [0.4, 0.5) is 5.69 Å².